The van der Waals surface area contributed by atoms with Crippen molar-refractivity contribution in [2.24, 2.45) is 0 Å². The molecule has 0 aliphatic heterocycles. The number of carbonyl (C=O) groups excluding carboxylic acids is 1. The Labute approximate surface area is 162 Å². The van der Waals surface area contributed by atoms with E-state index >= 15 is 0 Å². The van der Waals surface area contributed by atoms with Gasteiger partial charge >= 0.3 is 5.97 Å². The molecule has 0 spiro atoms. The number of ether oxygens (including phenoxy) is 1. The van der Waals surface area contributed by atoms with Gasteiger partial charge in [0.15, 0.2) is 10.8 Å². The highest BCUT2D eigenvalue weighted by atomic mass is 79.9. The molecular weight excluding hydrogens is 421 g/mol. The van der Waals surface area contributed by atoms with Crippen LogP contribution in [0.2, 0.25) is 0 Å². The molecule has 0 aliphatic carbocycles. The zero-order valence-corrected chi connectivity index (χ0v) is 16.5. The first-order valence-electron chi connectivity index (χ1n) is 7.86. The van der Waals surface area contributed by atoms with Crippen molar-refractivity contribution >= 4 is 33.2 Å². The number of halogens is 2. The Bertz CT molecular complexity index is 948. The first kappa shape index (κ1) is 18.6. The Hall–Kier alpha value is -2.19. The fourth-order valence-electron chi connectivity index (χ4n) is 2.51. The molecule has 0 fully saturated rings. The number of benzene rings is 1. The summed E-state index contributed by atoms with van der Waals surface area (Å²) in [6, 6.07) is 4.69. The van der Waals surface area contributed by atoms with Crippen LogP contribution in [-0.2, 0) is 10.1 Å². The van der Waals surface area contributed by atoms with Gasteiger partial charge in [-0.1, -0.05) is 28.1 Å². The van der Waals surface area contributed by atoms with Crippen LogP contribution in [0, 0.1) is 12.7 Å². The van der Waals surface area contributed by atoms with Gasteiger partial charge in [-0.15, -0.1) is 11.3 Å². The topological polar surface area (TPSA) is 65.0 Å². The molecule has 0 N–H and O–H groups in total. The normalized spacial score (nSPS) is 10.8. The molecule has 3 aromatic rings. The molecular formula is C18H15BrFN3O2S. The maximum absolute atomic E-state index is 14.1. The van der Waals surface area contributed by atoms with Crippen LogP contribution in [0.5, 0.6) is 0 Å². The van der Waals surface area contributed by atoms with Gasteiger partial charge in [0.1, 0.15) is 11.4 Å². The van der Waals surface area contributed by atoms with Crippen molar-refractivity contribution in [2.75, 3.05) is 6.61 Å². The molecule has 0 saturated carbocycles. The first-order valence-corrected chi connectivity index (χ1v) is 9.86. The molecule has 0 aliphatic rings. The summed E-state index contributed by atoms with van der Waals surface area (Å²) in [6.45, 7) is 3.60. The van der Waals surface area contributed by atoms with Gasteiger partial charge < -0.3 is 4.74 Å². The summed E-state index contributed by atoms with van der Waals surface area (Å²) in [5.74, 6) is -0.514. The number of rotatable bonds is 5. The minimum absolute atomic E-state index is 0.219. The van der Waals surface area contributed by atoms with Gasteiger partial charge in [-0.2, -0.15) is 0 Å². The van der Waals surface area contributed by atoms with Crippen LogP contribution in [0.3, 0.4) is 0 Å². The van der Waals surface area contributed by atoms with Crippen LogP contribution in [0.4, 0.5) is 4.39 Å². The van der Waals surface area contributed by atoms with E-state index in [4.69, 9.17) is 4.74 Å². The quantitative estimate of drug-likeness (QED) is 0.425. The van der Waals surface area contributed by atoms with E-state index in [1.54, 1.807) is 32.2 Å². The minimum Gasteiger partial charge on any atom is -0.462 e. The molecule has 0 atom stereocenters. The van der Waals surface area contributed by atoms with Crippen LogP contribution in [-0.4, -0.2) is 27.5 Å². The second-order valence-corrected chi connectivity index (χ2v) is 6.78. The molecule has 0 bridgehead atoms. The van der Waals surface area contributed by atoms with Gasteiger partial charge in [0.05, 0.1) is 18.0 Å². The molecule has 1 aromatic carbocycles. The van der Waals surface area contributed by atoms with E-state index in [1.807, 2.05) is 5.38 Å². The summed E-state index contributed by atoms with van der Waals surface area (Å²) in [7, 11) is 0. The zero-order valence-electron chi connectivity index (χ0n) is 14.1. The van der Waals surface area contributed by atoms with Crippen molar-refractivity contribution in [3.63, 3.8) is 0 Å². The fourth-order valence-corrected chi connectivity index (χ4v) is 3.48. The van der Waals surface area contributed by atoms with Gasteiger partial charge in [-0.05, 0) is 25.5 Å². The number of hydrogen-bond donors (Lipinski definition) is 0. The van der Waals surface area contributed by atoms with Gasteiger partial charge in [-0.25, -0.2) is 24.1 Å². The summed E-state index contributed by atoms with van der Waals surface area (Å²) < 4.78 is 19.3. The van der Waals surface area contributed by atoms with Crippen molar-refractivity contribution in [1.82, 2.24) is 15.0 Å². The average molecular weight is 436 g/mol. The number of carbonyl (C=O) groups is 1. The Kier molecular flexibility index (Phi) is 5.73. The highest BCUT2D eigenvalue weighted by Gasteiger charge is 2.25. The number of nitrogens with zero attached hydrogens (tertiary/aromatic N) is 3. The number of esters is 1. The lowest BCUT2D eigenvalue weighted by atomic mass is 9.99. The monoisotopic (exact) mass is 435 g/mol. The van der Waals surface area contributed by atoms with Gasteiger partial charge in [0.25, 0.3) is 0 Å². The Morgan fingerprint density at radius 2 is 2.15 bits per heavy atom. The molecule has 0 unspecified atom stereocenters. The van der Waals surface area contributed by atoms with Gasteiger partial charge in [0.2, 0.25) is 0 Å². The fraction of sp³-hybridized carbons (Fsp3) is 0.222. The third kappa shape index (κ3) is 3.52. The molecule has 2 aromatic heterocycles. The van der Waals surface area contributed by atoms with E-state index in [0.717, 1.165) is 0 Å². The van der Waals surface area contributed by atoms with Crippen LogP contribution < -0.4 is 0 Å². The predicted octanol–water partition coefficient (Wildman–Crippen LogP) is 4.79. The Morgan fingerprint density at radius 1 is 1.35 bits per heavy atom. The van der Waals surface area contributed by atoms with Crippen molar-refractivity contribution in [1.29, 1.82) is 0 Å². The van der Waals surface area contributed by atoms with Crippen molar-refractivity contribution in [3.8, 4) is 22.1 Å². The van der Waals surface area contributed by atoms with E-state index in [9.17, 15) is 9.18 Å². The summed E-state index contributed by atoms with van der Waals surface area (Å²) in [5.41, 5.74) is 1.98. The summed E-state index contributed by atoms with van der Waals surface area (Å²) in [5, 5.41) is 2.76. The van der Waals surface area contributed by atoms with Gasteiger partial charge in [-0.3, -0.25) is 0 Å². The second kappa shape index (κ2) is 8.01. The maximum atomic E-state index is 14.1. The molecule has 0 radical (unpaired) electrons. The SMILES string of the molecule is CCOC(=O)c1c(CBr)nc(-c2nccs2)nc1-c1cccc(F)c1C. The van der Waals surface area contributed by atoms with Crippen molar-refractivity contribution in [3.05, 3.63) is 52.4 Å². The molecule has 3 rings (SSSR count). The lowest BCUT2D eigenvalue weighted by Crippen LogP contribution is -2.14. The number of aromatic nitrogens is 3. The average Bonchev–Trinajstić information content (AvgIpc) is 3.18. The smallest absolute Gasteiger partial charge is 0.342 e. The van der Waals surface area contributed by atoms with Crippen LogP contribution >= 0.6 is 27.3 Å². The number of hydrogen-bond acceptors (Lipinski definition) is 6. The molecule has 134 valence electrons. The Balaban J connectivity index is 2.32. The van der Waals surface area contributed by atoms with E-state index in [0.29, 0.717) is 38.7 Å². The summed E-state index contributed by atoms with van der Waals surface area (Å²) in [6.07, 6.45) is 1.66. The molecule has 26 heavy (non-hydrogen) atoms. The lowest BCUT2D eigenvalue weighted by Gasteiger charge is -2.14. The lowest BCUT2D eigenvalue weighted by molar-refractivity contribution is 0.0525. The standard InChI is InChI=1S/C18H15BrFN3O2S/c1-3-25-18(24)14-13(9-19)22-16(17-21-7-8-26-17)23-15(14)11-5-4-6-12(20)10(11)2/h4-8H,3,9H2,1-2H3. The second-order valence-electron chi connectivity index (χ2n) is 5.32. The third-order valence-electron chi connectivity index (χ3n) is 3.74. The predicted molar refractivity (Wildman–Crippen MR) is 102 cm³/mol. The highest BCUT2D eigenvalue weighted by Crippen LogP contribution is 2.32. The van der Waals surface area contributed by atoms with Gasteiger partial charge in [0, 0.05) is 22.5 Å². The number of alkyl halides is 1. The van der Waals surface area contributed by atoms with E-state index in [2.05, 4.69) is 30.9 Å². The van der Waals surface area contributed by atoms with Crippen LogP contribution in [0.1, 0.15) is 28.5 Å². The zero-order chi connectivity index (χ0) is 18.7. The van der Waals surface area contributed by atoms with Crippen molar-refractivity contribution < 1.29 is 13.9 Å². The van der Waals surface area contributed by atoms with E-state index < -0.39 is 5.97 Å². The van der Waals surface area contributed by atoms with Crippen LogP contribution in [0.15, 0.2) is 29.8 Å². The largest absolute Gasteiger partial charge is 0.462 e. The molecule has 0 saturated heterocycles. The minimum atomic E-state index is -0.536. The third-order valence-corrected chi connectivity index (χ3v) is 5.04. The molecule has 8 heteroatoms. The molecule has 2 heterocycles. The van der Waals surface area contributed by atoms with E-state index in [-0.39, 0.29) is 18.0 Å². The Morgan fingerprint density at radius 3 is 2.81 bits per heavy atom. The maximum Gasteiger partial charge on any atom is 0.342 e. The molecule has 0 amide bonds. The number of thiazole rings is 1. The summed E-state index contributed by atoms with van der Waals surface area (Å²) >= 11 is 4.77. The first-order chi connectivity index (χ1) is 12.6. The summed E-state index contributed by atoms with van der Waals surface area (Å²) in [4.78, 5) is 25.8. The van der Waals surface area contributed by atoms with Crippen LogP contribution in [0.25, 0.3) is 22.1 Å². The highest BCUT2D eigenvalue weighted by molar-refractivity contribution is 9.08. The molecule has 5 nitrogen and oxygen atoms in total. The van der Waals surface area contributed by atoms with Crippen molar-refractivity contribution in [2.45, 2.75) is 19.2 Å². The van der Waals surface area contributed by atoms with E-state index in [1.165, 1.54) is 17.4 Å².